The van der Waals surface area contributed by atoms with Gasteiger partial charge in [0.1, 0.15) is 17.5 Å². The highest BCUT2D eigenvalue weighted by atomic mass is 79.9. The lowest BCUT2D eigenvalue weighted by Crippen LogP contribution is -2.40. The molecule has 2 rings (SSSR count). The van der Waals surface area contributed by atoms with Gasteiger partial charge in [-0.15, -0.1) is 0 Å². The maximum absolute atomic E-state index is 12.1. The Bertz CT molecular complexity index is 682. The van der Waals surface area contributed by atoms with Crippen molar-refractivity contribution in [2.75, 3.05) is 13.2 Å². The van der Waals surface area contributed by atoms with Gasteiger partial charge in [0, 0.05) is 6.42 Å². The first-order chi connectivity index (χ1) is 11.5. The van der Waals surface area contributed by atoms with Crippen molar-refractivity contribution in [1.29, 1.82) is 5.26 Å². The maximum atomic E-state index is 12.1. The van der Waals surface area contributed by atoms with Crippen molar-refractivity contribution in [2.45, 2.75) is 38.5 Å². The Balaban J connectivity index is 2.35. The van der Waals surface area contributed by atoms with Crippen LogP contribution in [0.2, 0.25) is 0 Å². The molecule has 1 aliphatic rings. The molecule has 5 nitrogen and oxygen atoms in total. The Morgan fingerprint density at radius 3 is 2.75 bits per heavy atom. The van der Waals surface area contributed by atoms with Gasteiger partial charge in [0.25, 0.3) is 0 Å². The minimum absolute atomic E-state index is 0.149. The third-order valence-electron chi connectivity index (χ3n) is 4.31. The average Bonchev–Trinajstić information content (AvgIpc) is 2.58. The van der Waals surface area contributed by atoms with Gasteiger partial charge in [-0.1, -0.05) is 6.07 Å². The summed E-state index contributed by atoms with van der Waals surface area (Å²) in [7, 11) is 0. The number of halogens is 1. The molecule has 6 heteroatoms. The number of nitrogens with zero attached hydrogens (tertiary/aromatic N) is 1. The molecule has 0 radical (unpaired) electrons. The maximum Gasteiger partial charge on any atom is 0.316 e. The van der Waals surface area contributed by atoms with E-state index in [9.17, 15) is 14.9 Å². The number of carbonyl (C=O) groups is 2. The first-order valence-electron chi connectivity index (χ1n) is 8.00. The number of nitriles is 1. The van der Waals surface area contributed by atoms with Gasteiger partial charge in [0.05, 0.1) is 29.2 Å². The van der Waals surface area contributed by atoms with Crippen LogP contribution >= 0.6 is 15.9 Å². The summed E-state index contributed by atoms with van der Waals surface area (Å²) in [5, 5.41) is 9.81. The zero-order chi connectivity index (χ0) is 17.7. The molecule has 24 heavy (non-hydrogen) atoms. The molecule has 0 saturated heterocycles. The molecular weight excluding hydrogens is 374 g/mol. The lowest BCUT2D eigenvalue weighted by Gasteiger charge is -2.34. The Kier molecular flexibility index (Phi) is 6.00. The number of ketones is 1. The summed E-state index contributed by atoms with van der Waals surface area (Å²) in [6, 6.07) is 7.81. The predicted molar refractivity (Wildman–Crippen MR) is 91.6 cm³/mol. The van der Waals surface area contributed by atoms with Crippen molar-refractivity contribution in [2.24, 2.45) is 5.92 Å². The highest BCUT2D eigenvalue weighted by molar-refractivity contribution is 9.10. The predicted octanol–water partition coefficient (Wildman–Crippen LogP) is 3.54. The van der Waals surface area contributed by atoms with Gasteiger partial charge in [-0.25, -0.2) is 0 Å². The molecule has 0 aromatic heterocycles. The Hall–Kier alpha value is -1.87. The van der Waals surface area contributed by atoms with Gasteiger partial charge in [0.2, 0.25) is 0 Å². The molecule has 1 aliphatic carbocycles. The number of hydrogen-bond acceptors (Lipinski definition) is 5. The normalized spacial score (nSPS) is 23.4. The highest BCUT2D eigenvalue weighted by Crippen LogP contribution is 2.42. The van der Waals surface area contributed by atoms with E-state index in [1.807, 2.05) is 19.1 Å². The molecule has 2 unspecified atom stereocenters. The number of benzene rings is 1. The molecule has 0 N–H and O–H groups in total. The van der Waals surface area contributed by atoms with Crippen LogP contribution in [0.3, 0.4) is 0 Å². The molecule has 128 valence electrons. The largest absolute Gasteiger partial charge is 0.493 e. The molecule has 0 aliphatic heterocycles. The van der Waals surface area contributed by atoms with E-state index in [-0.39, 0.29) is 25.2 Å². The summed E-state index contributed by atoms with van der Waals surface area (Å²) in [6.45, 7) is 4.36. The standard InChI is InChI=1S/C18H20BrNO4/c1-3-23-16-6-5-12(9-14(16)19)18(11-20)8-7-15(21)13(10-18)17(22)24-4-2/h5-6,9,13H,3-4,7-8,10H2,1-2H3. The second kappa shape index (κ2) is 7.80. The molecule has 1 aromatic carbocycles. The number of ether oxygens (including phenoxy) is 2. The molecular formula is C18H20BrNO4. The zero-order valence-corrected chi connectivity index (χ0v) is 15.4. The Labute approximate surface area is 150 Å². The molecule has 1 fully saturated rings. The van der Waals surface area contributed by atoms with Gasteiger partial charge in [-0.05, 0) is 60.3 Å². The van der Waals surface area contributed by atoms with Crippen LogP contribution in [-0.4, -0.2) is 25.0 Å². The first-order valence-corrected chi connectivity index (χ1v) is 8.80. The van der Waals surface area contributed by atoms with Crippen LogP contribution in [0.4, 0.5) is 0 Å². The van der Waals surface area contributed by atoms with E-state index in [0.717, 1.165) is 10.0 Å². The molecule has 0 amide bonds. The van der Waals surface area contributed by atoms with Gasteiger partial charge >= 0.3 is 5.97 Å². The van der Waals surface area contributed by atoms with Crippen LogP contribution in [0.1, 0.15) is 38.7 Å². The first kappa shape index (κ1) is 18.5. The fourth-order valence-corrected chi connectivity index (χ4v) is 3.53. The molecule has 1 aromatic rings. The van der Waals surface area contributed by atoms with Crippen LogP contribution in [0, 0.1) is 17.2 Å². The van der Waals surface area contributed by atoms with E-state index >= 15 is 0 Å². The smallest absolute Gasteiger partial charge is 0.316 e. The summed E-state index contributed by atoms with van der Waals surface area (Å²) >= 11 is 3.46. The Morgan fingerprint density at radius 2 is 2.17 bits per heavy atom. The van der Waals surface area contributed by atoms with E-state index in [2.05, 4.69) is 22.0 Å². The van der Waals surface area contributed by atoms with E-state index in [0.29, 0.717) is 18.8 Å². The van der Waals surface area contributed by atoms with Gasteiger partial charge in [-0.2, -0.15) is 5.26 Å². The van der Waals surface area contributed by atoms with Crippen molar-refractivity contribution >= 4 is 27.7 Å². The van der Waals surface area contributed by atoms with E-state index in [4.69, 9.17) is 9.47 Å². The molecule has 0 spiro atoms. The number of Topliss-reactive ketones (excluding diaryl/α,β-unsaturated/α-hetero) is 1. The van der Waals surface area contributed by atoms with Crippen molar-refractivity contribution in [1.82, 2.24) is 0 Å². The average molecular weight is 394 g/mol. The summed E-state index contributed by atoms with van der Waals surface area (Å²) in [4.78, 5) is 24.2. The minimum atomic E-state index is -0.876. The second-order valence-electron chi connectivity index (χ2n) is 5.75. The van der Waals surface area contributed by atoms with Crippen molar-refractivity contribution in [3.05, 3.63) is 28.2 Å². The highest BCUT2D eigenvalue weighted by Gasteiger charge is 2.45. The van der Waals surface area contributed by atoms with Gasteiger partial charge < -0.3 is 9.47 Å². The summed E-state index contributed by atoms with van der Waals surface area (Å²) < 4.78 is 11.2. The fourth-order valence-electron chi connectivity index (χ4n) is 3.03. The van der Waals surface area contributed by atoms with Gasteiger partial charge in [0.15, 0.2) is 0 Å². The molecule has 0 heterocycles. The van der Waals surface area contributed by atoms with Gasteiger partial charge in [-0.3, -0.25) is 9.59 Å². The third kappa shape index (κ3) is 3.62. The lowest BCUT2D eigenvalue weighted by atomic mass is 9.66. The van der Waals surface area contributed by atoms with E-state index in [1.54, 1.807) is 13.0 Å². The molecule has 0 bridgehead atoms. The quantitative estimate of drug-likeness (QED) is 0.564. The fraction of sp³-hybridized carbons (Fsp3) is 0.500. The van der Waals surface area contributed by atoms with Crippen molar-refractivity contribution in [3.8, 4) is 11.8 Å². The van der Waals surface area contributed by atoms with Crippen molar-refractivity contribution in [3.63, 3.8) is 0 Å². The third-order valence-corrected chi connectivity index (χ3v) is 4.93. The SMILES string of the molecule is CCOC(=O)C1CC(C#N)(c2ccc(OCC)c(Br)c2)CCC1=O. The second-order valence-corrected chi connectivity index (χ2v) is 6.60. The topological polar surface area (TPSA) is 76.4 Å². The summed E-state index contributed by atoms with van der Waals surface area (Å²) in [6.07, 6.45) is 0.752. The minimum Gasteiger partial charge on any atom is -0.493 e. The zero-order valence-electron chi connectivity index (χ0n) is 13.8. The van der Waals surface area contributed by atoms with Crippen LogP contribution < -0.4 is 4.74 Å². The van der Waals surface area contributed by atoms with Crippen LogP contribution in [0.5, 0.6) is 5.75 Å². The summed E-state index contributed by atoms with van der Waals surface area (Å²) in [5.41, 5.74) is -0.0966. The molecule has 1 saturated carbocycles. The number of esters is 1. The monoisotopic (exact) mass is 393 g/mol. The Morgan fingerprint density at radius 1 is 1.42 bits per heavy atom. The van der Waals surface area contributed by atoms with Crippen molar-refractivity contribution < 1.29 is 19.1 Å². The number of hydrogen-bond donors (Lipinski definition) is 0. The van der Waals surface area contributed by atoms with E-state index < -0.39 is 17.3 Å². The summed E-state index contributed by atoms with van der Waals surface area (Å²) in [5.74, 6) is -0.858. The number of rotatable bonds is 5. The number of carbonyl (C=O) groups excluding carboxylic acids is 2. The lowest BCUT2D eigenvalue weighted by molar-refractivity contribution is -0.153. The van der Waals surface area contributed by atoms with Crippen LogP contribution in [0.25, 0.3) is 0 Å². The van der Waals surface area contributed by atoms with E-state index in [1.165, 1.54) is 0 Å². The molecule has 2 atom stereocenters. The van der Waals surface area contributed by atoms with Crippen LogP contribution in [0.15, 0.2) is 22.7 Å². The van der Waals surface area contributed by atoms with Crippen LogP contribution in [-0.2, 0) is 19.7 Å².